The molecule has 0 aliphatic carbocycles. The Balaban J connectivity index is 2.19. The van der Waals surface area contributed by atoms with Crippen molar-refractivity contribution < 1.29 is 22.1 Å². The number of halogens is 2. The maximum atomic E-state index is 12.2. The summed E-state index contributed by atoms with van der Waals surface area (Å²) < 4.78 is 34.0. The largest absolute Gasteiger partial charge is 0.469 e. The van der Waals surface area contributed by atoms with E-state index in [0.717, 1.165) is 0 Å². The van der Waals surface area contributed by atoms with E-state index >= 15 is 0 Å². The minimum absolute atomic E-state index is 0.0907. The molecule has 8 heteroatoms. The van der Waals surface area contributed by atoms with Crippen LogP contribution in [-0.2, 0) is 26.1 Å². The molecule has 0 spiro atoms. The zero-order valence-electron chi connectivity index (χ0n) is 12.0. The van der Waals surface area contributed by atoms with Crippen LogP contribution in [0, 0.1) is 0 Å². The molecule has 2 rings (SSSR count). The van der Waals surface area contributed by atoms with E-state index in [9.17, 15) is 13.2 Å². The lowest BCUT2D eigenvalue weighted by molar-refractivity contribution is -0.139. The van der Waals surface area contributed by atoms with Crippen LogP contribution in [-0.4, -0.2) is 21.5 Å². The quantitative estimate of drug-likeness (QED) is 0.591. The first-order valence-corrected chi connectivity index (χ1v) is 8.53. The molecule has 0 aliphatic heterocycles. The Morgan fingerprint density at radius 3 is 2.13 bits per heavy atom. The minimum Gasteiger partial charge on any atom is -0.469 e. The molecule has 0 saturated heterocycles. The monoisotopic (exact) mass is 374 g/mol. The molecular weight excluding hydrogens is 363 g/mol. The van der Waals surface area contributed by atoms with Crippen LogP contribution in [0.4, 0.5) is 0 Å². The summed E-state index contributed by atoms with van der Waals surface area (Å²) >= 11 is 11.6. The second-order valence-electron chi connectivity index (χ2n) is 4.54. The first-order chi connectivity index (χ1) is 10.8. The summed E-state index contributed by atoms with van der Waals surface area (Å²) in [6, 6.07) is 9.95. The molecule has 0 unspecified atom stereocenters. The van der Waals surface area contributed by atoms with Crippen LogP contribution in [0.25, 0.3) is 0 Å². The SMILES string of the molecule is COC(=O)Cc1ccc(OS(=O)(=O)c2cc(Cl)cc(Cl)c2)cc1. The topological polar surface area (TPSA) is 69.7 Å². The van der Waals surface area contributed by atoms with Crippen LogP contribution in [0.2, 0.25) is 10.0 Å². The normalized spacial score (nSPS) is 11.1. The van der Waals surface area contributed by atoms with Gasteiger partial charge in [0, 0.05) is 10.0 Å². The van der Waals surface area contributed by atoms with Crippen molar-refractivity contribution in [3.05, 3.63) is 58.1 Å². The van der Waals surface area contributed by atoms with E-state index in [1.165, 1.54) is 37.4 Å². The zero-order chi connectivity index (χ0) is 17.0. The molecule has 23 heavy (non-hydrogen) atoms. The van der Waals surface area contributed by atoms with Crippen molar-refractivity contribution in [2.24, 2.45) is 0 Å². The van der Waals surface area contributed by atoms with Gasteiger partial charge in [-0.15, -0.1) is 0 Å². The third-order valence-corrected chi connectivity index (χ3v) is 4.49. The number of benzene rings is 2. The first kappa shape index (κ1) is 17.6. The second kappa shape index (κ2) is 7.21. The number of hydrogen-bond donors (Lipinski definition) is 0. The van der Waals surface area contributed by atoms with E-state index in [0.29, 0.717) is 5.56 Å². The van der Waals surface area contributed by atoms with E-state index in [-0.39, 0.29) is 33.1 Å². The molecule has 5 nitrogen and oxygen atoms in total. The molecule has 0 atom stereocenters. The van der Waals surface area contributed by atoms with Crippen LogP contribution in [0.5, 0.6) is 5.75 Å². The highest BCUT2D eigenvalue weighted by Crippen LogP contribution is 2.25. The number of methoxy groups -OCH3 is 1. The Morgan fingerprint density at radius 2 is 1.61 bits per heavy atom. The third-order valence-electron chi connectivity index (χ3n) is 2.83. The van der Waals surface area contributed by atoms with Crippen molar-refractivity contribution in [1.29, 1.82) is 0 Å². The Bertz CT molecular complexity index is 796. The highest BCUT2D eigenvalue weighted by Gasteiger charge is 2.18. The Hall–Kier alpha value is -1.76. The molecule has 2 aromatic rings. The smallest absolute Gasteiger partial charge is 0.339 e. The van der Waals surface area contributed by atoms with Crippen LogP contribution >= 0.6 is 23.2 Å². The summed E-state index contributed by atoms with van der Waals surface area (Å²) in [5.74, 6) is -0.283. The average Bonchev–Trinajstić information content (AvgIpc) is 2.48. The minimum atomic E-state index is -4.06. The Labute approximate surface area is 143 Å². The maximum Gasteiger partial charge on any atom is 0.339 e. The molecule has 0 amide bonds. The van der Waals surface area contributed by atoms with Crippen LogP contribution in [0.15, 0.2) is 47.4 Å². The van der Waals surface area contributed by atoms with Crippen molar-refractivity contribution in [2.75, 3.05) is 7.11 Å². The Morgan fingerprint density at radius 1 is 1.04 bits per heavy atom. The van der Waals surface area contributed by atoms with Gasteiger partial charge in [0.25, 0.3) is 0 Å². The lowest BCUT2D eigenvalue weighted by Crippen LogP contribution is -2.10. The van der Waals surface area contributed by atoms with Gasteiger partial charge in [-0.05, 0) is 35.9 Å². The first-order valence-electron chi connectivity index (χ1n) is 6.36. The summed E-state index contributed by atoms with van der Waals surface area (Å²) in [4.78, 5) is 11.0. The van der Waals surface area contributed by atoms with Crippen molar-refractivity contribution in [3.63, 3.8) is 0 Å². The van der Waals surface area contributed by atoms with Gasteiger partial charge >= 0.3 is 16.1 Å². The van der Waals surface area contributed by atoms with Gasteiger partial charge in [0.05, 0.1) is 13.5 Å². The average molecular weight is 375 g/mol. The van der Waals surface area contributed by atoms with Crippen LogP contribution < -0.4 is 4.18 Å². The number of hydrogen-bond acceptors (Lipinski definition) is 5. The molecule has 0 aliphatic rings. The van der Waals surface area contributed by atoms with E-state index in [4.69, 9.17) is 27.4 Å². The van der Waals surface area contributed by atoms with Crippen molar-refractivity contribution in [1.82, 2.24) is 0 Å². The van der Waals surface area contributed by atoms with Crippen molar-refractivity contribution >= 4 is 39.3 Å². The van der Waals surface area contributed by atoms with E-state index < -0.39 is 10.1 Å². The van der Waals surface area contributed by atoms with Crippen LogP contribution in [0.1, 0.15) is 5.56 Å². The fourth-order valence-corrected chi connectivity index (χ4v) is 3.41. The van der Waals surface area contributed by atoms with Gasteiger partial charge in [-0.2, -0.15) is 8.42 Å². The third kappa shape index (κ3) is 4.86. The fourth-order valence-electron chi connectivity index (χ4n) is 1.75. The van der Waals surface area contributed by atoms with E-state index in [1.54, 1.807) is 12.1 Å². The molecule has 0 fully saturated rings. The fraction of sp³-hybridized carbons (Fsp3) is 0.133. The highest BCUT2D eigenvalue weighted by atomic mass is 35.5. The van der Waals surface area contributed by atoms with Gasteiger partial charge < -0.3 is 8.92 Å². The lowest BCUT2D eigenvalue weighted by Gasteiger charge is -2.08. The molecule has 0 saturated carbocycles. The highest BCUT2D eigenvalue weighted by molar-refractivity contribution is 7.87. The lowest BCUT2D eigenvalue weighted by atomic mass is 10.1. The van der Waals surface area contributed by atoms with Gasteiger partial charge in [0.2, 0.25) is 0 Å². The van der Waals surface area contributed by atoms with Crippen molar-refractivity contribution in [3.8, 4) is 5.75 Å². The summed E-state index contributed by atoms with van der Waals surface area (Å²) in [6.45, 7) is 0. The second-order valence-corrected chi connectivity index (χ2v) is 6.96. The molecule has 0 N–H and O–H groups in total. The summed E-state index contributed by atoms with van der Waals surface area (Å²) in [7, 11) is -2.77. The van der Waals surface area contributed by atoms with E-state index in [2.05, 4.69) is 4.74 Å². The molecule has 0 heterocycles. The number of rotatable bonds is 5. The van der Waals surface area contributed by atoms with Gasteiger partial charge in [-0.1, -0.05) is 35.3 Å². The standard InChI is InChI=1S/C15H12Cl2O5S/c1-21-15(18)6-10-2-4-13(5-3-10)22-23(19,20)14-8-11(16)7-12(17)9-14/h2-5,7-9H,6H2,1H3. The molecular formula is C15H12Cl2O5S. The van der Waals surface area contributed by atoms with Gasteiger partial charge in [0.15, 0.2) is 0 Å². The number of ether oxygens (including phenoxy) is 1. The molecule has 0 radical (unpaired) electrons. The predicted octanol–water partition coefficient (Wildman–Crippen LogP) is 3.48. The van der Waals surface area contributed by atoms with Gasteiger partial charge in [0.1, 0.15) is 10.6 Å². The van der Waals surface area contributed by atoms with E-state index in [1.807, 2.05) is 0 Å². The number of esters is 1. The number of carbonyl (C=O) groups excluding carboxylic acids is 1. The van der Waals surface area contributed by atoms with Crippen LogP contribution in [0.3, 0.4) is 0 Å². The molecule has 2 aromatic carbocycles. The van der Waals surface area contributed by atoms with Gasteiger partial charge in [-0.3, -0.25) is 4.79 Å². The van der Waals surface area contributed by atoms with Crippen molar-refractivity contribution in [2.45, 2.75) is 11.3 Å². The summed E-state index contributed by atoms with van der Waals surface area (Å²) in [5, 5.41) is 0.376. The maximum absolute atomic E-state index is 12.2. The number of carbonyl (C=O) groups is 1. The molecule has 0 bridgehead atoms. The molecule has 122 valence electrons. The van der Waals surface area contributed by atoms with Gasteiger partial charge in [-0.25, -0.2) is 0 Å². The zero-order valence-corrected chi connectivity index (χ0v) is 14.3. The molecule has 0 aromatic heterocycles. The predicted molar refractivity (Wildman–Crippen MR) is 86.4 cm³/mol. The summed E-state index contributed by atoms with van der Waals surface area (Å²) in [6.07, 6.45) is 0.0907. The summed E-state index contributed by atoms with van der Waals surface area (Å²) in [5.41, 5.74) is 0.674. The Kier molecular flexibility index (Phi) is 5.51.